The van der Waals surface area contributed by atoms with E-state index in [-0.39, 0.29) is 5.92 Å². The Morgan fingerprint density at radius 3 is 2.89 bits per heavy atom. The van der Waals surface area contributed by atoms with Crippen LogP contribution in [0.1, 0.15) is 44.1 Å². The summed E-state index contributed by atoms with van der Waals surface area (Å²) in [7, 11) is 0. The molecule has 0 saturated carbocycles. The summed E-state index contributed by atoms with van der Waals surface area (Å²) in [6.07, 6.45) is 4.36. The van der Waals surface area contributed by atoms with Crippen molar-refractivity contribution in [3.8, 4) is 0 Å². The Morgan fingerprint density at radius 1 is 1.39 bits per heavy atom. The number of hydrogen-bond donors (Lipinski definition) is 1. The van der Waals surface area contributed by atoms with Crippen LogP contribution in [0.15, 0.2) is 24.3 Å². The molecule has 98 valence electrons. The van der Waals surface area contributed by atoms with E-state index in [0.717, 1.165) is 30.8 Å². The Balaban J connectivity index is 2.17. The van der Waals surface area contributed by atoms with Gasteiger partial charge in [-0.1, -0.05) is 38.0 Å². The van der Waals surface area contributed by atoms with Crippen LogP contribution in [0.25, 0.3) is 0 Å². The molecule has 2 rings (SSSR count). The first-order chi connectivity index (χ1) is 8.74. The minimum atomic E-state index is -0.698. The minimum Gasteiger partial charge on any atom is -0.481 e. The maximum atomic E-state index is 11.3. The van der Waals surface area contributed by atoms with Crippen molar-refractivity contribution in [2.24, 2.45) is 0 Å². The molecule has 3 heteroatoms. The molecule has 1 aromatic rings. The van der Waals surface area contributed by atoms with Crippen LogP contribution < -0.4 is 4.90 Å². The van der Waals surface area contributed by atoms with Crippen LogP contribution in [0.2, 0.25) is 0 Å². The van der Waals surface area contributed by atoms with Crippen molar-refractivity contribution >= 4 is 11.7 Å². The number of carbonyl (C=O) groups is 1. The van der Waals surface area contributed by atoms with E-state index in [1.54, 1.807) is 0 Å². The summed E-state index contributed by atoms with van der Waals surface area (Å²) in [5.74, 6) is -1.03. The number of fused-ring (bicyclic) bond motifs is 1. The maximum absolute atomic E-state index is 11.3. The van der Waals surface area contributed by atoms with Crippen molar-refractivity contribution in [1.82, 2.24) is 0 Å². The average Bonchev–Trinajstić information content (AvgIpc) is 2.38. The largest absolute Gasteiger partial charge is 0.481 e. The fourth-order valence-electron chi connectivity index (χ4n) is 2.67. The van der Waals surface area contributed by atoms with E-state index in [1.165, 1.54) is 19.3 Å². The zero-order valence-electron chi connectivity index (χ0n) is 10.9. The fourth-order valence-corrected chi connectivity index (χ4v) is 2.67. The lowest BCUT2D eigenvalue weighted by molar-refractivity contribution is -0.139. The van der Waals surface area contributed by atoms with Crippen molar-refractivity contribution < 1.29 is 9.90 Å². The summed E-state index contributed by atoms with van der Waals surface area (Å²) in [6.45, 7) is 4.10. The number of rotatable bonds is 5. The molecule has 18 heavy (non-hydrogen) atoms. The number of anilines is 1. The van der Waals surface area contributed by atoms with Gasteiger partial charge in [0.25, 0.3) is 0 Å². The van der Waals surface area contributed by atoms with Gasteiger partial charge < -0.3 is 10.0 Å². The molecule has 1 atom stereocenters. The van der Waals surface area contributed by atoms with Crippen molar-refractivity contribution in [3.05, 3.63) is 29.8 Å². The third kappa shape index (κ3) is 2.66. The second-order valence-corrected chi connectivity index (χ2v) is 4.93. The molecule has 0 aliphatic carbocycles. The van der Waals surface area contributed by atoms with Crippen LogP contribution in [0.5, 0.6) is 0 Å². The van der Waals surface area contributed by atoms with E-state index in [0.29, 0.717) is 0 Å². The molecule has 0 fully saturated rings. The highest BCUT2D eigenvalue weighted by Gasteiger charge is 2.29. The first-order valence-electron chi connectivity index (χ1n) is 6.80. The van der Waals surface area contributed by atoms with Crippen molar-refractivity contribution in [2.45, 2.75) is 38.5 Å². The number of aliphatic carboxylic acids is 1. The molecule has 0 spiro atoms. The summed E-state index contributed by atoms with van der Waals surface area (Å²) in [5, 5.41) is 9.27. The van der Waals surface area contributed by atoms with Crippen LogP contribution in [0, 0.1) is 0 Å². The van der Waals surface area contributed by atoms with Crippen LogP contribution >= 0.6 is 0 Å². The third-order valence-corrected chi connectivity index (χ3v) is 3.67. The van der Waals surface area contributed by atoms with Gasteiger partial charge in [0, 0.05) is 18.8 Å². The van der Waals surface area contributed by atoms with E-state index in [1.807, 2.05) is 18.2 Å². The Labute approximate surface area is 108 Å². The summed E-state index contributed by atoms with van der Waals surface area (Å²) < 4.78 is 0. The van der Waals surface area contributed by atoms with Gasteiger partial charge in [0.1, 0.15) is 0 Å². The first kappa shape index (κ1) is 12.9. The molecule has 0 bridgehead atoms. The van der Waals surface area contributed by atoms with Crippen LogP contribution in [-0.2, 0) is 4.79 Å². The smallest absolute Gasteiger partial charge is 0.311 e. The van der Waals surface area contributed by atoms with Gasteiger partial charge in [0.15, 0.2) is 0 Å². The van der Waals surface area contributed by atoms with Gasteiger partial charge in [0.2, 0.25) is 0 Å². The number of para-hydroxylation sites is 1. The van der Waals surface area contributed by atoms with Gasteiger partial charge >= 0.3 is 5.97 Å². The van der Waals surface area contributed by atoms with E-state index in [4.69, 9.17) is 0 Å². The monoisotopic (exact) mass is 247 g/mol. The van der Waals surface area contributed by atoms with Gasteiger partial charge in [-0.25, -0.2) is 0 Å². The number of nitrogens with zero attached hydrogens (tertiary/aromatic N) is 1. The van der Waals surface area contributed by atoms with Crippen LogP contribution in [-0.4, -0.2) is 24.2 Å². The number of benzene rings is 1. The minimum absolute atomic E-state index is 0.330. The van der Waals surface area contributed by atoms with E-state index in [2.05, 4.69) is 17.9 Å². The van der Waals surface area contributed by atoms with E-state index < -0.39 is 5.97 Å². The number of carboxylic acid groups (broad SMARTS) is 1. The van der Waals surface area contributed by atoms with Crippen LogP contribution in [0.3, 0.4) is 0 Å². The zero-order chi connectivity index (χ0) is 13.0. The molecule has 1 heterocycles. The van der Waals surface area contributed by atoms with E-state index in [9.17, 15) is 9.90 Å². The topological polar surface area (TPSA) is 40.5 Å². The highest BCUT2D eigenvalue weighted by atomic mass is 16.4. The van der Waals surface area contributed by atoms with Gasteiger partial charge in [-0.2, -0.15) is 0 Å². The summed E-state index contributed by atoms with van der Waals surface area (Å²) in [5.41, 5.74) is 2.10. The molecule has 0 radical (unpaired) electrons. The lowest BCUT2D eigenvalue weighted by atomic mass is 9.90. The Kier molecular flexibility index (Phi) is 4.24. The molecule has 1 unspecified atom stereocenters. The molecule has 1 aliphatic heterocycles. The highest BCUT2D eigenvalue weighted by molar-refractivity contribution is 5.80. The normalized spacial score (nSPS) is 18.5. The van der Waals surface area contributed by atoms with Crippen LogP contribution in [0.4, 0.5) is 5.69 Å². The second-order valence-electron chi connectivity index (χ2n) is 4.93. The Morgan fingerprint density at radius 2 is 2.17 bits per heavy atom. The summed E-state index contributed by atoms with van der Waals surface area (Å²) in [4.78, 5) is 13.6. The molecule has 0 saturated heterocycles. The van der Waals surface area contributed by atoms with Gasteiger partial charge in [-0.15, -0.1) is 0 Å². The standard InChI is InChI=1S/C15H21NO2/c1-2-3-6-10-16-11-9-13(15(17)18)12-7-4-5-8-14(12)16/h4-5,7-8,13H,2-3,6,9-11H2,1H3,(H,17,18). The lowest BCUT2D eigenvalue weighted by Crippen LogP contribution is -2.34. The maximum Gasteiger partial charge on any atom is 0.311 e. The molecular weight excluding hydrogens is 226 g/mol. The predicted molar refractivity (Wildman–Crippen MR) is 73.2 cm³/mol. The first-order valence-corrected chi connectivity index (χ1v) is 6.80. The number of unbranched alkanes of at least 4 members (excludes halogenated alkanes) is 2. The second kappa shape index (κ2) is 5.89. The van der Waals surface area contributed by atoms with Crippen molar-refractivity contribution in [2.75, 3.05) is 18.0 Å². The number of carboxylic acids is 1. The molecular formula is C15H21NO2. The predicted octanol–water partition coefficient (Wildman–Crippen LogP) is 3.26. The molecule has 3 nitrogen and oxygen atoms in total. The van der Waals surface area contributed by atoms with E-state index >= 15 is 0 Å². The quantitative estimate of drug-likeness (QED) is 0.812. The van der Waals surface area contributed by atoms with Gasteiger partial charge in [-0.3, -0.25) is 4.79 Å². The van der Waals surface area contributed by atoms with Crippen molar-refractivity contribution in [3.63, 3.8) is 0 Å². The van der Waals surface area contributed by atoms with Crippen molar-refractivity contribution in [1.29, 1.82) is 0 Å². The highest BCUT2D eigenvalue weighted by Crippen LogP contribution is 2.35. The molecule has 1 aromatic carbocycles. The van der Waals surface area contributed by atoms with Gasteiger partial charge in [0.05, 0.1) is 5.92 Å². The Bertz CT molecular complexity index is 417. The number of hydrogen-bond acceptors (Lipinski definition) is 2. The third-order valence-electron chi connectivity index (χ3n) is 3.67. The lowest BCUT2D eigenvalue weighted by Gasteiger charge is -2.34. The molecule has 1 aliphatic rings. The van der Waals surface area contributed by atoms with Gasteiger partial charge in [-0.05, 0) is 24.5 Å². The Hall–Kier alpha value is -1.51. The SMILES string of the molecule is CCCCCN1CCC(C(=O)O)c2ccccc21. The zero-order valence-corrected chi connectivity index (χ0v) is 10.9. The fraction of sp³-hybridized carbons (Fsp3) is 0.533. The summed E-state index contributed by atoms with van der Waals surface area (Å²) in [6, 6.07) is 7.94. The summed E-state index contributed by atoms with van der Waals surface area (Å²) >= 11 is 0. The average molecular weight is 247 g/mol. The molecule has 1 N–H and O–H groups in total. The molecule has 0 amide bonds. The molecule has 0 aromatic heterocycles.